The minimum atomic E-state index is -1.20. The predicted molar refractivity (Wildman–Crippen MR) is 112 cm³/mol. The molecule has 2 aliphatic rings. The maximum Gasteiger partial charge on any atom is 0.414 e. The highest BCUT2D eigenvalue weighted by molar-refractivity contribution is 6.53. The van der Waals surface area contributed by atoms with E-state index >= 15 is 0 Å². The van der Waals surface area contributed by atoms with Crippen molar-refractivity contribution < 1.29 is 18.7 Å². The van der Waals surface area contributed by atoms with Gasteiger partial charge in [0.05, 0.1) is 30.5 Å². The number of carbonyl (C=O) groups excluding carboxylic acids is 2. The maximum atomic E-state index is 14.8. The zero-order chi connectivity index (χ0) is 21.8. The lowest BCUT2D eigenvalue weighted by molar-refractivity contribution is -0.119. The zero-order valence-corrected chi connectivity index (χ0v) is 17.8. The van der Waals surface area contributed by atoms with Crippen molar-refractivity contribution in [3.8, 4) is 6.07 Å². The van der Waals surface area contributed by atoms with Gasteiger partial charge in [0.15, 0.2) is 4.84 Å². The average Bonchev–Trinajstić information content (AvgIpc) is 3.12. The van der Waals surface area contributed by atoms with E-state index < -0.39 is 28.8 Å². The molecule has 2 fully saturated rings. The van der Waals surface area contributed by atoms with Crippen LogP contribution in [0.4, 0.5) is 20.6 Å². The number of allylic oxidation sites excluding steroid dienone is 1. The van der Waals surface area contributed by atoms with E-state index in [0.29, 0.717) is 24.5 Å². The predicted octanol–water partition coefficient (Wildman–Crippen LogP) is 3.51. The van der Waals surface area contributed by atoms with Crippen molar-refractivity contribution in [2.75, 3.05) is 36.0 Å². The lowest BCUT2D eigenvalue weighted by Crippen LogP contribution is -2.37. The van der Waals surface area contributed by atoms with Crippen molar-refractivity contribution in [3.63, 3.8) is 0 Å². The van der Waals surface area contributed by atoms with E-state index in [1.54, 1.807) is 19.1 Å². The number of rotatable bonds is 5. The third kappa shape index (κ3) is 4.97. The summed E-state index contributed by atoms with van der Waals surface area (Å²) >= 11 is 10.9. The number of anilines is 2. The summed E-state index contributed by atoms with van der Waals surface area (Å²) in [5.74, 6) is -1.01. The number of nitrogens with one attached hydrogen (secondary N) is 1. The van der Waals surface area contributed by atoms with Crippen molar-refractivity contribution >= 4 is 46.6 Å². The van der Waals surface area contributed by atoms with Gasteiger partial charge in [-0.1, -0.05) is 28.8 Å². The highest BCUT2D eigenvalue weighted by Crippen LogP contribution is 2.30. The van der Waals surface area contributed by atoms with Gasteiger partial charge in [-0.2, -0.15) is 5.26 Å². The van der Waals surface area contributed by atoms with Crippen molar-refractivity contribution in [3.05, 3.63) is 35.2 Å². The van der Waals surface area contributed by atoms with Crippen molar-refractivity contribution in [2.24, 2.45) is 0 Å². The molecule has 1 atom stereocenters. The minimum Gasteiger partial charge on any atom is -0.442 e. The van der Waals surface area contributed by atoms with Crippen LogP contribution >= 0.6 is 23.2 Å². The summed E-state index contributed by atoms with van der Waals surface area (Å²) in [7, 11) is 0. The molecule has 0 bridgehead atoms. The molecule has 2 heterocycles. The minimum absolute atomic E-state index is 0.0589. The summed E-state index contributed by atoms with van der Waals surface area (Å²) < 4.78 is 20.0. The highest BCUT2D eigenvalue weighted by Gasteiger charge is 2.33. The van der Waals surface area contributed by atoms with Gasteiger partial charge in [-0.3, -0.25) is 9.69 Å². The number of nitriles is 1. The maximum absolute atomic E-state index is 14.8. The Bertz CT molecular complexity index is 906. The Morgan fingerprint density at radius 2 is 2.10 bits per heavy atom. The Morgan fingerprint density at radius 1 is 1.40 bits per heavy atom. The van der Waals surface area contributed by atoms with Gasteiger partial charge in [0.2, 0.25) is 0 Å². The van der Waals surface area contributed by atoms with Gasteiger partial charge in [-0.25, -0.2) is 9.18 Å². The van der Waals surface area contributed by atoms with Crippen LogP contribution in [0, 0.1) is 17.1 Å². The normalized spacial score (nSPS) is 19.0. The van der Waals surface area contributed by atoms with Gasteiger partial charge < -0.3 is 15.0 Å². The van der Waals surface area contributed by atoms with Gasteiger partial charge in [-0.15, -0.1) is 0 Å². The Kier molecular flexibility index (Phi) is 7.06. The molecule has 30 heavy (non-hydrogen) atoms. The van der Waals surface area contributed by atoms with Crippen LogP contribution in [0.5, 0.6) is 0 Å². The Labute approximate surface area is 184 Å². The Morgan fingerprint density at radius 3 is 2.70 bits per heavy atom. The quantitative estimate of drug-likeness (QED) is 0.543. The highest BCUT2D eigenvalue weighted by atomic mass is 35.5. The molecule has 0 radical (unpaired) electrons. The molecule has 0 aliphatic carbocycles. The molecule has 1 unspecified atom stereocenters. The Hall–Kier alpha value is -2.50. The third-order valence-electron chi connectivity index (χ3n) is 5.22. The van der Waals surface area contributed by atoms with E-state index in [2.05, 4.69) is 11.4 Å². The largest absolute Gasteiger partial charge is 0.442 e. The molecule has 0 spiro atoms. The number of nitrogens with zero attached hydrogens (tertiary/aromatic N) is 3. The third-order valence-corrected chi connectivity index (χ3v) is 5.62. The number of amides is 2. The van der Waals surface area contributed by atoms with Gasteiger partial charge in [-0.05, 0) is 38.0 Å². The molecule has 7 nitrogen and oxygen atoms in total. The second kappa shape index (κ2) is 9.54. The topological polar surface area (TPSA) is 85.7 Å². The van der Waals surface area contributed by atoms with Crippen LogP contribution in [0.25, 0.3) is 0 Å². The number of piperidine rings is 1. The molecule has 1 aromatic rings. The van der Waals surface area contributed by atoms with Gasteiger partial charge in [0, 0.05) is 18.7 Å². The molecule has 2 amide bonds. The number of ether oxygens (including phenoxy) is 1. The SMILES string of the molecule is CC(C#N)=C1CCN(c2ccc(N3CC(CNC(=O)C(Cl)Cl)OC3=O)cc2F)CC1. The first-order valence-electron chi connectivity index (χ1n) is 9.47. The molecule has 2 saturated heterocycles. The molecule has 3 rings (SSSR count). The monoisotopic (exact) mass is 454 g/mol. The number of benzene rings is 1. The zero-order valence-electron chi connectivity index (χ0n) is 16.3. The summed E-state index contributed by atoms with van der Waals surface area (Å²) in [6, 6.07) is 6.78. The van der Waals surface area contributed by atoms with Crippen molar-refractivity contribution in [1.29, 1.82) is 5.26 Å². The van der Waals surface area contributed by atoms with Crippen LogP contribution < -0.4 is 15.1 Å². The molecule has 0 aromatic heterocycles. The standard InChI is InChI=1S/C20H21Cl2FN4O3/c1-12(9-24)13-4-6-26(7-5-13)17-3-2-14(8-16(17)23)27-11-15(30-20(27)29)10-25-19(28)18(21)22/h2-3,8,15,18H,4-7,10-11H2,1H3,(H,25,28). The number of alkyl halides is 2. The number of hydrogen-bond donors (Lipinski definition) is 1. The van der Waals surface area contributed by atoms with E-state index in [1.807, 2.05) is 4.90 Å². The fourth-order valence-corrected chi connectivity index (χ4v) is 3.68. The summed E-state index contributed by atoms with van der Waals surface area (Å²) in [5, 5.41) is 11.5. The van der Waals surface area contributed by atoms with Gasteiger partial charge in [0.25, 0.3) is 5.91 Å². The van der Waals surface area contributed by atoms with Crippen LogP contribution in [-0.2, 0) is 9.53 Å². The first-order chi connectivity index (χ1) is 14.3. The van der Waals surface area contributed by atoms with Crippen LogP contribution in [0.1, 0.15) is 19.8 Å². The molecule has 2 aliphatic heterocycles. The lowest BCUT2D eigenvalue weighted by atomic mass is 9.99. The summed E-state index contributed by atoms with van der Waals surface area (Å²) in [5.41, 5.74) is 2.68. The van der Waals surface area contributed by atoms with E-state index in [-0.39, 0.29) is 13.1 Å². The fraction of sp³-hybridized carbons (Fsp3) is 0.450. The van der Waals surface area contributed by atoms with E-state index in [9.17, 15) is 14.0 Å². The van der Waals surface area contributed by atoms with Crippen LogP contribution in [0.3, 0.4) is 0 Å². The van der Waals surface area contributed by atoms with Crippen LogP contribution in [-0.4, -0.2) is 49.1 Å². The number of halogens is 3. The molecular formula is C20H21Cl2FN4O3. The second-order valence-corrected chi connectivity index (χ2v) is 8.22. The molecule has 1 aromatic carbocycles. The summed E-state index contributed by atoms with van der Waals surface area (Å²) in [4.78, 5) is 25.6. The number of hydrogen-bond acceptors (Lipinski definition) is 5. The molecular weight excluding hydrogens is 434 g/mol. The average molecular weight is 455 g/mol. The fourth-order valence-electron chi connectivity index (χ4n) is 3.52. The number of cyclic esters (lactones) is 1. The molecule has 0 saturated carbocycles. The van der Waals surface area contributed by atoms with Crippen LogP contribution in [0.2, 0.25) is 0 Å². The molecule has 160 valence electrons. The first-order valence-corrected chi connectivity index (χ1v) is 10.3. The smallest absolute Gasteiger partial charge is 0.414 e. The van der Waals surface area contributed by atoms with E-state index in [4.69, 9.17) is 33.2 Å². The van der Waals surface area contributed by atoms with E-state index in [0.717, 1.165) is 24.0 Å². The van der Waals surface area contributed by atoms with Gasteiger partial charge >= 0.3 is 6.09 Å². The summed E-state index contributed by atoms with van der Waals surface area (Å²) in [6.07, 6.45) is 0.233. The van der Waals surface area contributed by atoms with Crippen molar-refractivity contribution in [1.82, 2.24) is 5.32 Å². The van der Waals surface area contributed by atoms with Gasteiger partial charge in [0.1, 0.15) is 11.9 Å². The Balaban J connectivity index is 1.64. The van der Waals surface area contributed by atoms with E-state index in [1.165, 1.54) is 11.0 Å². The second-order valence-electron chi connectivity index (χ2n) is 7.13. The van der Waals surface area contributed by atoms with Crippen LogP contribution in [0.15, 0.2) is 29.3 Å². The number of carbonyl (C=O) groups is 2. The van der Waals surface area contributed by atoms with Crippen molar-refractivity contribution in [2.45, 2.75) is 30.7 Å². The lowest BCUT2D eigenvalue weighted by Gasteiger charge is -2.31. The molecule has 10 heteroatoms. The summed E-state index contributed by atoms with van der Waals surface area (Å²) in [6.45, 7) is 3.28. The first kappa shape index (κ1) is 22.2. The molecule has 1 N–H and O–H groups in total.